The third kappa shape index (κ3) is 2.99. The molecule has 0 amide bonds. The molecule has 0 aliphatic rings. The van der Waals surface area contributed by atoms with Crippen molar-refractivity contribution >= 4 is 34.0 Å². The van der Waals surface area contributed by atoms with E-state index in [0.717, 1.165) is 16.7 Å². The van der Waals surface area contributed by atoms with Crippen molar-refractivity contribution in [3.05, 3.63) is 59.9 Å². The van der Waals surface area contributed by atoms with Crippen LogP contribution in [0.15, 0.2) is 53.6 Å². The fraction of sp³-hybridized carbons (Fsp3) is 0.111. The number of hydrogen-bond donors (Lipinski definition) is 1. The van der Waals surface area contributed by atoms with Crippen LogP contribution in [0.3, 0.4) is 0 Å². The molecule has 0 aliphatic heterocycles. The highest BCUT2D eigenvalue weighted by atomic mass is 32.2. The molecule has 1 N–H and O–H groups in total. The first-order valence-corrected chi connectivity index (χ1v) is 8.20. The molecule has 0 fully saturated rings. The number of hydrogen-bond acceptors (Lipinski definition) is 4. The summed E-state index contributed by atoms with van der Waals surface area (Å²) in [6.45, 7) is 2.01. The number of para-hydroxylation sites is 2. The van der Waals surface area contributed by atoms with E-state index < -0.39 is 0 Å². The van der Waals surface area contributed by atoms with Crippen LogP contribution in [0.1, 0.15) is 12.5 Å². The number of benzene rings is 2. The van der Waals surface area contributed by atoms with Crippen LogP contribution in [0.2, 0.25) is 0 Å². The molecule has 2 aromatic carbocycles. The van der Waals surface area contributed by atoms with Gasteiger partial charge in [-0.25, -0.2) is 9.37 Å². The Morgan fingerprint density at radius 2 is 1.91 bits per heavy atom. The average molecular weight is 323 g/mol. The third-order valence-electron chi connectivity index (χ3n) is 3.39. The first-order chi connectivity index (χ1) is 11.2. The summed E-state index contributed by atoms with van der Waals surface area (Å²) < 4.78 is 14.0. The monoisotopic (exact) mass is 323 g/mol. The summed E-state index contributed by atoms with van der Waals surface area (Å²) in [6, 6.07) is 16.2. The van der Waals surface area contributed by atoms with Crippen molar-refractivity contribution in [2.24, 2.45) is 0 Å². The highest BCUT2D eigenvalue weighted by Gasteiger charge is 2.16. The molecular weight excluding hydrogens is 309 g/mol. The molecule has 0 radical (unpaired) electrons. The molecule has 0 aliphatic carbocycles. The Hall–Kier alpha value is -2.58. The third-order valence-corrected chi connectivity index (χ3v) is 4.24. The number of fused-ring (bicyclic) bond motifs is 1. The molecule has 1 aromatic heterocycles. The van der Waals surface area contributed by atoms with Crippen LogP contribution in [0.25, 0.3) is 10.9 Å². The highest BCUT2D eigenvalue weighted by Crippen LogP contribution is 2.35. The van der Waals surface area contributed by atoms with Crippen LogP contribution in [0, 0.1) is 17.1 Å². The molecule has 1 heterocycles. The number of rotatable bonds is 4. The second-order valence-electron chi connectivity index (χ2n) is 4.83. The van der Waals surface area contributed by atoms with Gasteiger partial charge >= 0.3 is 0 Å². The van der Waals surface area contributed by atoms with Crippen LogP contribution in [-0.4, -0.2) is 10.7 Å². The van der Waals surface area contributed by atoms with Crippen molar-refractivity contribution in [1.29, 1.82) is 5.26 Å². The van der Waals surface area contributed by atoms with E-state index in [0.29, 0.717) is 22.0 Å². The van der Waals surface area contributed by atoms with Gasteiger partial charge in [0.1, 0.15) is 22.5 Å². The normalized spacial score (nSPS) is 10.5. The molecule has 0 bridgehead atoms. The lowest BCUT2D eigenvalue weighted by atomic mass is 10.1. The second kappa shape index (κ2) is 6.67. The molecule has 0 atom stereocenters. The lowest BCUT2D eigenvalue weighted by Crippen LogP contribution is -2.01. The molecule has 3 aromatic rings. The lowest BCUT2D eigenvalue weighted by molar-refractivity contribution is 0.632. The molecule has 0 spiro atoms. The van der Waals surface area contributed by atoms with E-state index in [4.69, 9.17) is 0 Å². The minimum atomic E-state index is -0.359. The van der Waals surface area contributed by atoms with Crippen molar-refractivity contribution in [2.75, 3.05) is 11.1 Å². The molecule has 114 valence electrons. The zero-order chi connectivity index (χ0) is 16.2. The molecule has 0 saturated carbocycles. The van der Waals surface area contributed by atoms with Gasteiger partial charge in [-0.05, 0) is 24.0 Å². The molecule has 23 heavy (non-hydrogen) atoms. The summed E-state index contributed by atoms with van der Waals surface area (Å²) in [4.78, 5) is 4.57. The first-order valence-electron chi connectivity index (χ1n) is 7.21. The Bertz CT molecular complexity index is 902. The maximum absolute atomic E-state index is 14.0. The van der Waals surface area contributed by atoms with Crippen molar-refractivity contribution in [3.63, 3.8) is 0 Å². The molecule has 5 heteroatoms. The number of anilines is 2. The summed E-state index contributed by atoms with van der Waals surface area (Å²) in [5.41, 5.74) is 2.16. The molecule has 0 saturated heterocycles. The topological polar surface area (TPSA) is 48.7 Å². The predicted molar refractivity (Wildman–Crippen MR) is 92.5 cm³/mol. The SMILES string of the molecule is CCSc1nc2ccccc2c(Nc2ccccc2F)c1C#N. The van der Waals surface area contributed by atoms with E-state index in [1.807, 2.05) is 31.2 Å². The number of thioether (sulfide) groups is 1. The standard InChI is InChI=1S/C18H14FN3S/c1-2-23-18-13(11-20)17(12-7-3-5-9-15(12)22-18)21-16-10-6-4-8-14(16)19/h3-10H,2H2,1H3,(H,21,22). The molecule has 3 rings (SSSR count). The number of aromatic nitrogens is 1. The number of nitrogens with zero attached hydrogens (tertiary/aromatic N) is 2. The predicted octanol–water partition coefficient (Wildman–Crippen LogP) is 5.10. The minimum Gasteiger partial charge on any atom is -0.351 e. The van der Waals surface area contributed by atoms with Crippen LogP contribution in [0.5, 0.6) is 0 Å². The van der Waals surface area contributed by atoms with E-state index in [1.165, 1.54) is 17.8 Å². The van der Waals surface area contributed by atoms with E-state index in [9.17, 15) is 9.65 Å². The largest absolute Gasteiger partial charge is 0.351 e. The second-order valence-corrected chi connectivity index (χ2v) is 6.09. The average Bonchev–Trinajstić information content (AvgIpc) is 2.57. The summed E-state index contributed by atoms with van der Waals surface area (Å²) in [5.74, 6) is 0.445. The Morgan fingerprint density at radius 1 is 1.17 bits per heavy atom. The van der Waals surface area contributed by atoms with Crippen molar-refractivity contribution in [3.8, 4) is 6.07 Å². The van der Waals surface area contributed by atoms with Gasteiger partial charge in [0.05, 0.1) is 16.9 Å². The van der Waals surface area contributed by atoms with E-state index >= 15 is 0 Å². The summed E-state index contributed by atoms with van der Waals surface area (Å²) in [7, 11) is 0. The Morgan fingerprint density at radius 3 is 2.65 bits per heavy atom. The summed E-state index contributed by atoms with van der Waals surface area (Å²) in [6.07, 6.45) is 0. The Kier molecular flexibility index (Phi) is 4.45. The van der Waals surface area contributed by atoms with Crippen molar-refractivity contribution < 1.29 is 4.39 Å². The van der Waals surface area contributed by atoms with Gasteiger partial charge in [0, 0.05) is 5.39 Å². The van der Waals surface area contributed by atoms with Gasteiger partial charge in [0.25, 0.3) is 0 Å². The van der Waals surface area contributed by atoms with Crippen LogP contribution >= 0.6 is 11.8 Å². The van der Waals surface area contributed by atoms with Crippen molar-refractivity contribution in [2.45, 2.75) is 11.9 Å². The Balaban J connectivity index is 2.24. The van der Waals surface area contributed by atoms with Gasteiger partial charge in [0.15, 0.2) is 0 Å². The zero-order valence-corrected chi connectivity index (χ0v) is 13.3. The van der Waals surface area contributed by atoms with Crippen LogP contribution in [-0.2, 0) is 0 Å². The maximum Gasteiger partial charge on any atom is 0.146 e. The van der Waals surface area contributed by atoms with Gasteiger partial charge in [-0.3, -0.25) is 0 Å². The quantitative estimate of drug-likeness (QED) is 0.679. The zero-order valence-electron chi connectivity index (χ0n) is 12.5. The highest BCUT2D eigenvalue weighted by molar-refractivity contribution is 7.99. The van der Waals surface area contributed by atoms with E-state index in [2.05, 4.69) is 16.4 Å². The summed E-state index contributed by atoms with van der Waals surface area (Å²) in [5, 5.41) is 14.1. The number of nitrogens with one attached hydrogen (secondary N) is 1. The molecular formula is C18H14FN3S. The van der Waals surface area contributed by atoms with E-state index in [1.54, 1.807) is 18.2 Å². The number of halogens is 1. The van der Waals surface area contributed by atoms with Gasteiger partial charge in [0.2, 0.25) is 0 Å². The molecule has 3 nitrogen and oxygen atoms in total. The number of pyridine rings is 1. The lowest BCUT2D eigenvalue weighted by Gasteiger charge is -2.14. The molecule has 0 unspecified atom stereocenters. The Labute approximate surface area is 138 Å². The number of nitriles is 1. The summed E-state index contributed by atoms with van der Waals surface area (Å²) >= 11 is 1.50. The van der Waals surface area contributed by atoms with Gasteiger partial charge in [-0.15, -0.1) is 11.8 Å². The minimum absolute atomic E-state index is 0.341. The maximum atomic E-state index is 14.0. The first kappa shape index (κ1) is 15.3. The van der Waals surface area contributed by atoms with Crippen molar-refractivity contribution in [1.82, 2.24) is 4.98 Å². The van der Waals surface area contributed by atoms with Gasteiger partial charge < -0.3 is 5.32 Å². The van der Waals surface area contributed by atoms with E-state index in [-0.39, 0.29) is 5.82 Å². The fourth-order valence-corrected chi connectivity index (χ4v) is 3.09. The van der Waals surface area contributed by atoms with Crippen LogP contribution in [0.4, 0.5) is 15.8 Å². The van der Waals surface area contributed by atoms with Gasteiger partial charge in [-0.2, -0.15) is 5.26 Å². The van der Waals surface area contributed by atoms with Gasteiger partial charge in [-0.1, -0.05) is 37.3 Å². The van der Waals surface area contributed by atoms with Crippen LogP contribution < -0.4 is 5.32 Å². The smallest absolute Gasteiger partial charge is 0.146 e. The fourth-order valence-electron chi connectivity index (χ4n) is 2.36.